The van der Waals surface area contributed by atoms with E-state index in [2.05, 4.69) is 17.9 Å². The van der Waals surface area contributed by atoms with E-state index in [0.29, 0.717) is 6.61 Å². The fourth-order valence-corrected chi connectivity index (χ4v) is 1.22. The molecule has 1 amide bonds. The molecule has 0 spiro atoms. The zero-order valence-electron chi connectivity index (χ0n) is 6.59. The van der Waals surface area contributed by atoms with Gasteiger partial charge in [0, 0.05) is 6.61 Å². The quantitative estimate of drug-likeness (QED) is 0.589. The molecule has 11 heavy (non-hydrogen) atoms. The van der Waals surface area contributed by atoms with E-state index in [1.807, 2.05) is 6.92 Å². The third kappa shape index (κ3) is 2.38. The predicted octanol–water partition coefficient (Wildman–Crippen LogP) is 0.211. The molecule has 0 saturated carbocycles. The monoisotopic (exact) mass is 175 g/mol. The van der Waals surface area contributed by atoms with E-state index in [9.17, 15) is 4.79 Å². The summed E-state index contributed by atoms with van der Waals surface area (Å²) in [5.41, 5.74) is -0.153. The van der Waals surface area contributed by atoms with Crippen LogP contribution in [-0.2, 0) is 9.53 Å². The highest BCUT2D eigenvalue weighted by molar-refractivity contribution is 7.81. The molecule has 1 atom stereocenters. The Morgan fingerprint density at radius 2 is 2.55 bits per heavy atom. The molecule has 0 aliphatic carbocycles. The number of rotatable bonds is 2. The first-order chi connectivity index (χ1) is 5.16. The second-order valence-electron chi connectivity index (χ2n) is 3.07. The Kier molecular flexibility index (Phi) is 2.78. The van der Waals surface area contributed by atoms with Gasteiger partial charge in [-0.15, -0.1) is 0 Å². The number of hydrogen-bond donors (Lipinski definition) is 2. The van der Waals surface area contributed by atoms with Crippen LogP contribution in [0.3, 0.4) is 0 Å². The molecule has 1 rings (SSSR count). The first-order valence-electron chi connectivity index (χ1n) is 3.66. The van der Waals surface area contributed by atoms with Gasteiger partial charge in [-0.2, -0.15) is 12.6 Å². The van der Waals surface area contributed by atoms with E-state index < -0.39 is 0 Å². The van der Waals surface area contributed by atoms with Crippen molar-refractivity contribution >= 4 is 18.5 Å². The zero-order chi connectivity index (χ0) is 8.32. The third-order valence-corrected chi connectivity index (χ3v) is 2.09. The predicted molar refractivity (Wildman–Crippen MR) is 45.8 cm³/mol. The van der Waals surface area contributed by atoms with Gasteiger partial charge in [0.2, 0.25) is 5.91 Å². The maximum atomic E-state index is 10.9. The van der Waals surface area contributed by atoms with E-state index in [1.165, 1.54) is 0 Å². The average Bonchev–Trinajstić information content (AvgIpc) is 2.36. The standard InChI is InChI=1S/C7H13NO2S/c1-7(2-3-10-5-7)8-6(9)4-11/h11H,2-5H2,1H3,(H,8,9). The Morgan fingerprint density at radius 1 is 1.82 bits per heavy atom. The summed E-state index contributed by atoms with van der Waals surface area (Å²) >= 11 is 3.87. The molecule has 0 aromatic rings. The maximum Gasteiger partial charge on any atom is 0.230 e. The Balaban J connectivity index is 2.39. The third-order valence-electron chi connectivity index (χ3n) is 1.80. The van der Waals surface area contributed by atoms with Gasteiger partial charge in [-0.1, -0.05) is 0 Å². The minimum atomic E-state index is -0.153. The van der Waals surface area contributed by atoms with Crippen LogP contribution in [0.4, 0.5) is 0 Å². The van der Waals surface area contributed by atoms with Crippen LogP contribution in [0.15, 0.2) is 0 Å². The summed E-state index contributed by atoms with van der Waals surface area (Å²) in [6, 6.07) is 0. The maximum absolute atomic E-state index is 10.9. The number of carbonyl (C=O) groups excluding carboxylic acids is 1. The fourth-order valence-electron chi connectivity index (χ4n) is 1.14. The summed E-state index contributed by atoms with van der Waals surface area (Å²) in [6.45, 7) is 3.34. The van der Waals surface area contributed by atoms with Crippen molar-refractivity contribution in [3.05, 3.63) is 0 Å². The number of carbonyl (C=O) groups is 1. The molecule has 1 fully saturated rings. The fraction of sp³-hybridized carbons (Fsp3) is 0.857. The normalized spacial score (nSPS) is 30.4. The van der Waals surface area contributed by atoms with Crippen LogP contribution < -0.4 is 5.32 Å². The number of hydrogen-bond acceptors (Lipinski definition) is 3. The Morgan fingerprint density at radius 3 is 3.00 bits per heavy atom. The van der Waals surface area contributed by atoms with E-state index in [-0.39, 0.29) is 17.2 Å². The van der Waals surface area contributed by atoms with Crippen LogP contribution in [-0.4, -0.2) is 30.4 Å². The van der Waals surface area contributed by atoms with Crippen LogP contribution in [0, 0.1) is 0 Å². The Bertz CT molecular complexity index is 155. The van der Waals surface area contributed by atoms with Gasteiger partial charge in [0.1, 0.15) is 0 Å². The first-order valence-corrected chi connectivity index (χ1v) is 4.29. The zero-order valence-corrected chi connectivity index (χ0v) is 7.49. The summed E-state index contributed by atoms with van der Waals surface area (Å²) in [6.07, 6.45) is 0.895. The van der Waals surface area contributed by atoms with Crippen LogP contribution in [0.5, 0.6) is 0 Å². The lowest BCUT2D eigenvalue weighted by Crippen LogP contribution is -2.46. The van der Waals surface area contributed by atoms with Crippen molar-refractivity contribution in [1.29, 1.82) is 0 Å². The van der Waals surface area contributed by atoms with Gasteiger partial charge >= 0.3 is 0 Å². The molecule has 3 nitrogen and oxygen atoms in total. The molecular weight excluding hydrogens is 162 g/mol. The first kappa shape index (κ1) is 8.87. The van der Waals surface area contributed by atoms with Gasteiger partial charge in [-0.05, 0) is 13.3 Å². The minimum Gasteiger partial charge on any atom is -0.379 e. The summed E-state index contributed by atoms with van der Waals surface area (Å²) < 4.78 is 5.17. The molecule has 64 valence electrons. The topological polar surface area (TPSA) is 38.3 Å². The molecule has 1 unspecified atom stereocenters. The highest BCUT2D eigenvalue weighted by Gasteiger charge is 2.30. The molecule has 1 saturated heterocycles. The van der Waals surface area contributed by atoms with Crippen molar-refractivity contribution in [3.63, 3.8) is 0 Å². The largest absolute Gasteiger partial charge is 0.379 e. The highest BCUT2D eigenvalue weighted by Crippen LogP contribution is 2.16. The smallest absolute Gasteiger partial charge is 0.230 e. The second kappa shape index (κ2) is 3.45. The van der Waals surface area contributed by atoms with Gasteiger partial charge < -0.3 is 10.1 Å². The molecule has 0 radical (unpaired) electrons. The Labute approximate surface area is 71.9 Å². The van der Waals surface area contributed by atoms with Crippen molar-refractivity contribution in [2.75, 3.05) is 19.0 Å². The van der Waals surface area contributed by atoms with Gasteiger partial charge in [-0.3, -0.25) is 4.79 Å². The summed E-state index contributed by atoms with van der Waals surface area (Å²) in [5.74, 6) is 0.219. The van der Waals surface area contributed by atoms with Crippen molar-refractivity contribution in [2.24, 2.45) is 0 Å². The number of ether oxygens (including phenoxy) is 1. The summed E-state index contributed by atoms with van der Waals surface area (Å²) in [5, 5.41) is 2.86. The van der Waals surface area contributed by atoms with Crippen molar-refractivity contribution < 1.29 is 9.53 Å². The molecule has 1 aliphatic rings. The number of thiol groups is 1. The number of nitrogens with one attached hydrogen (secondary N) is 1. The lowest BCUT2D eigenvalue weighted by atomic mass is 10.0. The molecule has 1 aliphatic heterocycles. The van der Waals surface area contributed by atoms with E-state index in [0.717, 1.165) is 13.0 Å². The second-order valence-corrected chi connectivity index (χ2v) is 3.39. The number of amides is 1. The van der Waals surface area contributed by atoms with Crippen LogP contribution in [0.2, 0.25) is 0 Å². The summed E-state index contributed by atoms with van der Waals surface area (Å²) in [7, 11) is 0. The lowest BCUT2D eigenvalue weighted by molar-refractivity contribution is -0.120. The van der Waals surface area contributed by atoms with Crippen LogP contribution in [0.25, 0.3) is 0 Å². The van der Waals surface area contributed by atoms with Gasteiger partial charge in [-0.25, -0.2) is 0 Å². The highest BCUT2D eigenvalue weighted by atomic mass is 32.1. The van der Waals surface area contributed by atoms with Gasteiger partial charge in [0.05, 0.1) is 17.9 Å². The van der Waals surface area contributed by atoms with Crippen molar-refractivity contribution in [1.82, 2.24) is 5.32 Å². The molecule has 0 aromatic heterocycles. The van der Waals surface area contributed by atoms with Crippen LogP contribution >= 0.6 is 12.6 Å². The average molecular weight is 175 g/mol. The molecule has 4 heteroatoms. The molecule has 1 heterocycles. The van der Waals surface area contributed by atoms with Gasteiger partial charge in [0.15, 0.2) is 0 Å². The molecule has 1 N–H and O–H groups in total. The molecule has 0 aromatic carbocycles. The minimum absolute atomic E-state index is 0.0265. The van der Waals surface area contributed by atoms with E-state index in [4.69, 9.17) is 4.74 Å². The van der Waals surface area contributed by atoms with Gasteiger partial charge in [0.25, 0.3) is 0 Å². The van der Waals surface area contributed by atoms with Crippen LogP contribution in [0.1, 0.15) is 13.3 Å². The van der Waals surface area contributed by atoms with E-state index in [1.54, 1.807) is 0 Å². The Hall–Kier alpha value is -0.220. The van der Waals surface area contributed by atoms with Crippen molar-refractivity contribution in [2.45, 2.75) is 18.9 Å². The summed E-state index contributed by atoms with van der Waals surface area (Å²) in [4.78, 5) is 10.9. The molecular formula is C7H13NO2S. The van der Waals surface area contributed by atoms with Crippen molar-refractivity contribution in [3.8, 4) is 0 Å². The lowest BCUT2D eigenvalue weighted by Gasteiger charge is -2.22. The van der Waals surface area contributed by atoms with E-state index >= 15 is 0 Å². The molecule has 0 bridgehead atoms. The SMILES string of the molecule is CC1(NC(=O)CS)CCOC1.